The van der Waals surface area contributed by atoms with Crippen LogP contribution in [0.4, 0.5) is 0 Å². The highest BCUT2D eigenvalue weighted by Crippen LogP contribution is 2.12. The fourth-order valence-corrected chi connectivity index (χ4v) is 1.13. The zero-order valence-corrected chi connectivity index (χ0v) is 11.2. The first-order valence-corrected chi connectivity index (χ1v) is 5.00. The predicted molar refractivity (Wildman–Crippen MR) is 76.0 cm³/mol. The molecule has 0 aliphatic heterocycles. The lowest BCUT2D eigenvalue weighted by molar-refractivity contribution is 0.824. The van der Waals surface area contributed by atoms with Crippen LogP contribution in [0.25, 0.3) is 6.08 Å². The molecule has 0 spiro atoms. The Bertz CT molecular complexity index is 269. The Kier molecular flexibility index (Phi) is 15.0. The van der Waals surface area contributed by atoms with Gasteiger partial charge < -0.3 is 5.48 Å². The monoisotopic (exact) mass is 228 g/mol. The van der Waals surface area contributed by atoms with Crippen molar-refractivity contribution in [1.82, 2.24) is 0 Å². The van der Waals surface area contributed by atoms with Crippen molar-refractivity contribution < 1.29 is 5.48 Å². The lowest BCUT2D eigenvalue weighted by Crippen LogP contribution is -1.84. The molecule has 2 heteroatoms. The maximum absolute atomic E-state index is 3.77. The summed E-state index contributed by atoms with van der Waals surface area (Å²) in [5.74, 6) is 0. The smallest absolute Gasteiger partial charge is 0.0230 e. The molecular formula is C13H24OS. The minimum atomic E-state index is 0. The molecule has 0 aromatic heterocycles. The van der Waals surface area contributed by atoms with Crippen molar-refractivity contribution in [2.45, 2.75) is 34.1 Å². The van der Waals surface area contributed by atoms with Gasteiger partial charge in [-0.15, -0.1) is 0 Å². The quantitative estimate of drug-likeness (QED) is 0.742. The minimum absolute atomic E-state index is 0. The summed E-state index contributed by atoms with van der Waals surface area (Å²) in [5.41, 5.74) is 3.94. The SMILES string of the molecule is C=Cc1cc(CC)ccc1C.CC.O.S. The van der Waals surface area contributed by atoms with Crippen molar-refractivity contribution in [3.05, 3.63) is 41.5 Å². The van der Waals surface area contributed by atoms with Crippen molar-refractivity contribution in [1.29, 1.82) is 0 Å². The molecule has 1 rings (SSSR count). The van der Waals surface area contributed by atoms with Gasteiger partial charge in [-0.25, -0.2) is 0 Å². The highest BCUT2D eigenvalue weighted by molar-refractivity contribution is 7.59. The molecule has 0 bridgehead atoms. The number of rotatable bonds is 2. The molecule has 1 aromatic rings. The van der Waals surface area contributed by atoms with Gasteiger partial charge >= 0.3 is 0 Å². The first kappa shape index (κ1) is 19.8. The topological polar surface area (TPSA) is 31.5 Å². The molecule has 15 heavy (non-hydrogen) atoms. The first-order valence-electron chi connectivity index (χ1n) is 5.00. The average molecular weight is 228 g/mol. The molecule has 0 aliphatic carbocycles. The van der Waals surface area contributed by atoms with Gasteiger partial charge in [-0.1, -0.05) is 51.6 Å². The molecule has 1 aromatic carbocycles. The molecule has 0 fully saturated rings. The lowest BCUT2D eigenvalue weighted by atomic mass is 10.0. The number of hydrogen-bond donors (Lipinski definition) is 0. The van der Waals surface area contributed by atoms with Crippen LogP contribution in [-0.2, 0) is 6.42 Å². The predicted octanol–water partition coefficient (Wildman–Crippen LogP) is 3.51. The molecule has 0 amide bonds. The molecule has 2 N–H and O–H groups in total. The maximum atomic E-state index is 3.77. The average Bonchev–Trinajstić information content (AvgIpc) is 2.22. The summed E-state index contributed by atoms with van der Waals surface area (Å²) in [6.45, 7) is 12.0. The normalized spacial score (nSPS) is 7.47. The Morgan fingerprint density at radius 3 is 2.20 bits per heavy atom. The van der Waals surface area contributed by atoms with Crippen LogP contribution in [0.5, 0.6) is 0 Å². The van der Waals surface area contributed by atoms with Gasteiger partial charge in [0.05, 0.1) is 0 Å². The summed E-state index contributed by atoms with van der Waals surface area (Å²) in [6, 6.07) is 6.51. The van der Waals surface area contributed by atoms with Gasteiger partial charge in [0.1, 0.15) is 0 Å². The van der Waals surface area contributed by atoms with Crippen molar-refractivity contribution in [2.75, 3.05) is 0 Å². The van der Waals surface area contributed by atoms with E-state index in [1.54, 1.807) is 0 Å². The van der Waals surface area contributed by atoms with Crippen LogP contribution in [0.3, 0.4) is 0 Å². The van der Waals surface area contributed by atoms with Crippen molar-refractivity contribution >= 4 is 19.6 Å². The van der Waals surface area contributed by atoms with E-state index in [1.807, 2.05) is 19.9 Å². The standard InChI is InChI=1S/C11H14.C2H6.H2O.H2S/c1-4-10-7-6-9(3)11(5-2)8-10;1-2;;/h5-8H,2,4H2,1,3H3;1-2H3;2*1H2. The highest BCUT2D eigenvalue weighted by Gasteiger charge is 1.93. The van der Waals surface area contributed by atoms with Crippen LogP contribution in [-0.4, -0.2) is 5.48 Å². The third-order valence-electron chi connectivity index (χ3n) is 1.97. The second-order valence-electron chi connectivity index (χ2n) is 2.75. The number of benzene rings is 1. The summed E-state index contributed by atoms with van der Waals surface area (Å²) < 4.78 is 0. The largest absolute Gasteiger partial charge is 0.412 e. The second kappa shape index (κ2) is 11.3. The van der Waals surface area contributed by atoms with E-state index in [2.05, 4.69) is 38.6 Å². The Labute approximate surface area is 101 Å². The third kappa shape index (κ3) is 6.37. The summed E-state index contributed by atoms with van der Waals surface area (Å²) in [6.07, 6.45) is 3.01. The molecule has 88 valence electrons. The van der Waals surface area contributed by atoms with E-state index in [1.165, 1.54) is 16.7 Å². The van der Waals surface area contributed by atoms with Crippen LogP contribution in [0, 0.1) is 6.92 Å². The molecule has 0 heterocycles. The van der Waals surface area contributed by atoms with Crippen molar-refractivity contribution in [3.8, 4) is 0 Å². The first-order chi connectivity index (χ1) is 6.27. The minimum Gasteiger partial charge on any atom is -0.412 e. The molecule has 0 saturated carbocycles. The van der Waals surface area contributed by atoms with E-state index in [0.717, 1.165) is 6.42 Å². The molecule has 0 atom stereocenters. The Morgan fingerprint density at radius 2 is 1.80 bits per heavy atom. The van der Waals surface area contributed by atoms with E-state index in [0.29, 0.717) is 0 Å². The molecule has 0 aliphatic rings. The number of aryl methyl sites for hydroxylation is 2. The molecule has 1 nitrogen and oxygen atoms in total. The summed E-state index contributed by atoms with van der Waals surface area (Å²) >= 11 is 0. The van der Waals surface area contributed by atoms with Gasteiger partial charge in [0.2, 0.25) is 0 Å². The van der Waals surface area contributed by atoms with Crippen LogP contribution in [0.15, 0.2) is 24.8 Å². The summed E-state index contributed by atoms with van der Waals surface area (Å²) in [4.78, 5) is 0. The van der Waals surface area contributed by atoms with Crippen LogP contribution >= 0.6 is 13.5 Å². The Morgan fingerprint density at radius 1 is 1.27 bits per heavy atom. The van der Waals surface area contributed by atoms with Gasteiger partial charge in [-0.3, -0.25) is 0 Å². The molecule has 0 saturated heterocycles. The van der Waals surface area contributed by atoms with Gasteiger partial charge in [-0.05, 0) is 30.0 Å². The van der Waals surface area contributed by atoms with E-state index in [9.17, 15) is 0 Å². The van der Waals surface area contributed by atoms with Crippen molar-refractivity contribution in [3.63, 3.8) is 0 Å². The van der Waals surface area contributed by atoms with Crippen LogP contribution in [0.2, 0.25) is 0 Å². The van der Waals surface area contributed by atoms with Gasteiger partial charge in [0.15, 0.2) is 0 Å². The van der Waals surface area contributed by atoms with Crippen LogP contribution in [0.1, 0.15) is 37.5 Å². The maximum Gasteiger partial charge on any atom is -0.0230 e. The number of hydrogen-bond acceptors (Lipinski definition) is 0. The fourth-order valence-electron chi connectivity index (χ4n) is 1.13. The Balaban J connectivity index is -0.000000339. The van der Waals surface area contributed by atoms with E-state index in [-0.39, 0.29) is 19.0 Å². The fraction of sp³-hybridized carbons (Fsp3) is 0.385. The van der Waals surface area contributed by atoms with E-state index < -0.39 is 0 Å². The van der Waals surface area contributed by atoms with Crippen LogP contribution < -0.4 is 0 Å². The molecule has 0 unspecified atom stereocenters. The third-order valence-corrected chi connectivity index (χ3v) is 1.97. The van der Waals surface area contributed by atoms with Gasteiger partial charge in [0.25, 0.3) is 0 Å². The van der Waals surface area contributed by atoms with E-state index in [4.69, 9.17) is 0 Å². The Hall–Kier alpha value is -0.730. The highest BCUT2D eigenvalue weighted by atomic mass is 32.1. The molecule has 0 radical (unpaired) electrons. The lowest BCUT2D eigenvalue weighted by Gasteiger charge is -2.02. The molecular weight excluding hydrogens is 204 g/mol. The van der Waals surface area contributed by atoms with Gasteiger partial charge in [-0.2, -0.15) is 13.5 Å². The zero-order chi connectivity index (χ0) is 10.3. The summed E-state index contributed by atoms with van der Waals surface area (Å²) in [7, 11) is 0. The van der Waals surface area contributed by atoms with Crippen molar-refractivity contribution in [2.24, 2.45) is 0 Å². The van der Waals surface area contributed by atoms with Gasteiger partial charge in [0, 0.05) is 0 Å². The zero-order valence-electron chi connectivity index (χ0n) is 10.2. The van der Waals surface area contributed by atoms with E-state index >= 15 is 0 Å². The second-order valence-corrected chi connectivity index (χ2v) is 2.75. The summed E-state index contributed by atoms with van der Waals surface area (Å²) in [5, 5.41) is 0.